The van der Waals surface area contributed by atoms with E-state index in [1.54, 1.807) is 0 Å². The zero-order chi connectivity index (χ0) is 9.26. The van der Waals surface area contributed by atoms with Crippen LogP contribution in [0, 0.1) is 11.3 Å². The molecule has 1 radical (unpaired) electrons. The molecule has 0 aliphatic heterocycles. The predicted octanol–water partition coefficient (Wildman–Crippen LogP) is 1.84. The van der Waals surface area contributed by atoms with Gasteiger partial charge >= 0.3 is 0 Å². The molecule has 0 saturated heterocycles. The molecule has 2 heteroatoms. The molecule has 0 atom stereocenters. The van der Waals surface area contributed by atoms with Crippen LogP contribution in [0.5, 0.6) is 0 Å². The first kappa shape index (κ1) is 8.05. The van der Waals surface area contributed by atoms with Crippen LogP contribution < -0.4 is 4.73 Å². The van der Waals surface area contributed by atoms with Gasteiger partial charge < -0.3 is 5.21 Å². The smallest absolute Gasteiger partial charge is 0.224 e. The van der Waals surface area contributed by atoms with Crippen LogP contribution in [0.4, 0.5) is 0 Å². The lowest BCUT2D eigenvalue weighted by Crippen LogP contribution is -2.32. The molecule has 0 aliphatic carbocycles. The fourth-order valence-electron chi connectivity index (χ4n) is 1.41. The average molecular weight is 172 g/mol. The van der Waals surface area contributed by atoms with Crippen molar-refractivity contribution in [3.05, 3.63) is 47.3 Å². The molecule has 0 saturated carbocycles. The fourth-order valence-corrected chi connectivity index (χ4v) is 1.41. The summed E-state index contributed by atoms with van der Waals surface area (Å²) in [7, 11) is 0. The summed E-state index contributed by atoms with van der Waals surface area (Å²) in [5.74, 6) is 0. The molecule has 0 amide bonds. The summed E-state index contributed by atoms with van der Waals surface area (Å²) < 4.78 is 0.954. The Kier molecular flexibility index (Phi) is 1.89. The molecule has 0 aliphatic rings. The SMILES string of the molecule is CCc1[c]cc2ccccc2[n+]1[O-]. The molecule has 1 aromatic carbocycles. The largest absolute Gasteiger partial charge is 0.618 e. The van der Waals surface area contributed by atoms with Gasteiger partial charge in [-0.15, -0.1) is 0 Å². The number of hydrogen-bond donors (Lipinski definition) is 0. The van der Waals surface area contributed by atoms with Gasteiger partial charge in [-0.2, -0.15) is 4.73 Å². The Morgan fingerprint density at radius 2 is 2.15 bits per heavy atom. The van der Waals surface area contributed by atoms with Gasteiger partial charge in [0, 0.05) is 17.9 Å². The van der Waals surface area contributed by atoms with Gasteiger partial charge in [0.25, 0.3) is 0 Å². The van der Waals surface area contributed by atoms with Crippen molar-refractivity contribution in [3.8, 4) is 0 Å². The van der Waals surface area contributed by atoms with E-state index >= 15 is 0 Å². The quantitative estimate of drug-likeness (QED) is 0.476. The monoisotopic (exact) mass is 172 g/mol. The minimum absolute atomic E-state index is 0.693. The van der Waals surface area contributed by atoms with Crippen molar-refractivity contribution in [1.29, 1.82) is 0 Å². The molecule has 65 valence electrons. The highest BCUT2D eigenvalue weighted by molar-refractivity contribution is 5.75. The second-order valence-corrected chi connectivity index (χ2v) is 2.94. The number of fused-ring (bicyclic) bond motifs is 1. The summed E-state index contributed by atoms with van der Waals surface area (Å²) in [6.07, 6.45) is 0.717. The number of aromatic nitrogens is 1. The van der Waals surface area contributed by atoms with Crippen LogP contribution in [-0.2, 0) is 6.42 Å². The second kappa shape index (κ2) is 3.05. The standard InChI is InChI=1S/C11H10NO/c1-2-10-8-7-9-5-3-4-6-11(9)12(10)13/h3-7H,2H2,1H3. The van der Waals surface area contributed by atoms with Gasteiger partial charge in [0.05, 0.1) is 6.07 Å². The molecule has 0 fully saturated rings. The number of nitrogens with zero attached hydrogens (tertiary/aromatic N) is 1. The molecule has 2 nitrogen and oxygen atoms in total. The van der Waals surface area contributed by atoms with Crippen molar-refractivity contribution >= 4 is 10.9 Å². The number of benzene rings is 1. The van der Waals surface area contributed by atoms with E-state index in [2.05, 4.69) is 6.07 Å². The van der Waals surface area contributed by atoms with E-state index in [-0.39, 0.29) is 0 Å². The van der Waals surface area contributed by atoms with Crippen molar-refractivity contribution in [2.45, 2.75) is 13.3 Å². The normalized spacial score (nSPS) is 10.5. The Balaban J connectivity index is 2.79. The van der Waals surface area contributed by atoms with E-state index in [0.717, 1.165) is 15.6 Å². The summed E-state index contributed by atoms with van der Waals surface area (Å²) in [6.45, 7) is 1.95. The highest BCUT2D eigenvalue weighted by Crippen LogP contribution is 2.09. The molecule has 0 spiro atoms. The zero-order valence-electron chi connectivity index (χ0n) is 7.45. The molecule has 2 aromatic rings. The number of aryl methyl sites for hydroxylation is 1. The predicted molar refractivity (Wildman–Crippen MR) is 51.1 cm³/mol. The minimum Gasteiger partial charge on any atom is -0.618 e. The van der Waals surface area contributed by atoms with Crippen LogP contribution in [0.2, 0.25) is 0 Å². The summed E-state index contributed by atoms with van der Waals surface area (Å²) in [5.41, 5.74) is 1.41. The minimum atomic E-state index is 0.693. The number of para-hydroxylation sites is 1. The van der Waals surface area contributed by atoms with Crippen LogP contribution in [0.15, 0.2) is 30.3 Å². The maximum atomic E-state index is 11.6. The van der Waals surface area contributed by atoms with Crippen molar-refractivity contribution in [2.24, 2.45) is 0 Å². The number of pyridine rings is 1. The van der Waals surface area contributed by atoms with Crippen LogP contribution in [0.3, 0.4) is 0 Å². The molecular formula is C11H10NO. The third-order valence-electron chi connectivity index (χ3n) is 2.13. The van der Waals surface area contributed by atoms with Gasteiger partial charge in [-0.3, -0.25) is 0 Å². The van der Waals surface area contributed by atoms with Gasteiger partial charge in [-0.1, -0.05) is 19.1 Å². The molecule has 2 rings (SSSR count). The van der Waals surface area contributed by atoms with Crippen molar-refractivity contribution < 1.29 is 4.73 Å². The summed E-state index contributed by atoms with van der Waals surface area (Å²) in [4.78, 5) is 0. The average Bonchev–Trinajstić information content (AvgIpc) is 2.19. The molecular weight excluding hydrogens is 162 g/mol. The van der Waals surface area contributed by atoms with E-state index in [1.165, 1.54) is 0 Å². The maximum absolute atomic E-state index is 11.6. The van der Waals surface area contributed by atoms with Crippen molar-refractivity contribution in [3.63, 3.8) is 0 Å². The highest BCUT2D eigenvalue weighted by atomic mass is 16.5. The van der Waals surface area contributed by atoms with Gasteiger partial charge in [0.15, 0.2) is 0 Å². The van der Waals surface area contributed by atoms with Gasteiger partial charge in [0.2, 0.25) is 11.2 Å². The molecule has 0 unspecified atom stereocenters. The summed E-state index contributed by atoms with van der Waals surface area (Å²) >= 11 is 0. The lowest BCUT2D eigenvalue weighted by atomic mass is 10.2. The third kappa shape index (κ3) is 1.24. The molecule has 0 N–H and O–H groups in total. The summed E-state index contributed by atoms with van der Waals surface area (Å²) in [5, 5.41) is 12.6. The van der Waals surface area contributed by atoms with Crippen molar-refractivity contribution in [2.75, 3.05) is 0 Å². The van der Waals surface area contributed by atoms with E-state index in [0.29, 0.717) is 12.1 Å². The van der Waals surface area contributed by atoms with Crippen LogP contribution in [0.1, 0.15) is 12.6 Å². The molecule has 0 bridgehead atoms. The Morgan fingerprint density at radius 1 is 1.38 bits per heavy atom. The maximum Gasteiger partial charge on any atom is 0.224 e. The first-order chi connectivity index (χ1) is 6.33. The number of rotatable bonds is 1. The lowest BCUT2D eigenvalue weighted by Gasteiger charge is -2.04. The van der Waals surface area contributed by atoms with Crippen LogP contribution in [0.25, 0.3) is 10.9 Å². The summed E-state index contributed by atoms with van der Waals surface area (Å²) in [6, 6.07) is 12.4. The van der Waals surface area contributed by atoms with Gasteiger partial charge in [0.1, 0.15) is 0 Å². The Morgan fingerprint density at radius 3 is 2.92 bits per heavy atom. The first-order valence-electron chi connectivity index (χ1n) is 4.35. The lowest BCUT2D eigenvalue weighted by molar-refractivity contribution is -0.586. The second-order valence-electron chi connectivity index (χ2n) is 2.94. The van der Waals surface area contributed by atoms with Crippen LogP contribution >= 0.6 is 0 Å². The third-order valence-corrected chi connectivity index (χ3v) is 2.13. The Labute approximate surface area is 77.0 Å². The van der Waals surface area contributed by atoms with E-state index in [9.17, 15) is 5.21 Å². The van der Waals surface area contributed by atoms with Crippen LogP contribution in [-0.4, -0.2) is 0 Å². The topological polar surface area (TPSA) is 26.9 Å². The Bertz CT molecular complexity index is 437. The van der Waals surface area contributed by atoms with Gasteiger partial charge in [-0.25, -0.2) is 0 Å². The Hall–Kier alpha value is -1.57. The van der Waals surface area contributed by atoms with Crippen molar-refractivity contribution in [1.82, 2.24) is 0 Å². The number of hydrogen-bond acceptors (Lipinski definition) is 1. The first-order valence-corrected chi connectivity index (χ1v) is 4.35. The zero-order valence-corrected chi connectivity index (χ0v) is 7.45. The fraction of sp³-hybridized carbons (Fsp3) is 0.182. The van der Waals surface area contributed by atoms with E-state index in [1.807, 2.05) is 37.3 Å². The molecule has 1 heterocycles. The molecule has 1 aromatic heterocycles. The van der Waals surface area contributed by atoms with E-state index in [4.69, 9.17) is 0 Å². The van der Waals surface area contributed by atoms with E-state index < -0.39 is 0 Å². The molecule has 13 heavy (non-hydrogen) atoms. The highest BCUT2D eigenvalue weighted by Gasteiger charge is 2.07. The van der Waals surface area contributed by atoms with Gasteiger partial charge in [-0.05, 0) is 12.1 Å².